The highest BCUT2D eigenvalue weighted by atomic mass is 19.4. The maximum absolute atomic E-state index is 13.9. The summed E-state index contributed by atoms with van der Waals surface area (Å²) in [6, 6.07) is 0. The van der Waals surface area contributed by atoms with E-state index >= 15 is 0 Å². The van der Waals surface area contributed by atoms with E-state index in [4.69, 9.17) is 0 Å². The summed E-state index contributed by atoms with van der Waals surface area (Å²) in [5, 5.41) is 0. The number of halogens is 7. The van der Waals surface area contributed by atoms with Crippen molar-refractivity contribution in [3.63, 3.8) is 0 Å². The first-order valence-corrected chi connectivity index (χ1v) is 15.1. The van der Waals surface area contributed by atoms with Crippen LogP contribution in [0.5, 0.6) is 0 Å². The van der Waals surface area contributed by atoms with E-state index in [-0.39, 0.29) is 18.3 Å². The Balaban J connectivity index is 1.44. The summed E-state index contributed by atoms with van der Waals surface area (Å²) in [7, 11) is 0. The van der Waals surface area contributed by atoms with Gasteiger partial charge in [0, 0.05) is 6.42 Å². The molecule has 4 rings (SSSR count). The molecule has 2 nitrogen and oxygen atoms in total. The molecule has 3 fully saturated rings. The van der Waals surface area contributed by atoms with Gasteiger partial charge in [0.2, 0.25) is 0 Å². The minimum Gasteiger partial charge on any atom is -0.457 e. The Morgan fingerprint density at radius 3 is 2.25 bits per heavy atom. The minimum absolute atomic E-state index is 0.0938. The fraction of sp³-hybridized carbons (Fsp3) is 0.903. The standard InChI is InChI=1S/C31H45F7O2/c1-18(2)7-6-8-19(3)23-11-12-24-22-10-9-20-17-21(13-15-27(20,4)25(22)14-16-28(23,24)5)40-26(39)29(32,33)30(34,35)31(36,37)38/h9,18-19,21-25H,6-8,10-17H2,1-5H3/t19-,21?,22?,23-,24?,25?,27+,28-/m1/s1. The molecule has 0 heterocycles. The number of ether oxygens (including phenoxy) is 1. The van der Waals surface area contributed by atoms with Gasteiger partial charge in [-0.2, -0.15) is 30.7 Å². The third-order valence-corrected chi connectivity index (χ3v) is 11.5. The molecule has 0 saturated heterocycles. The number of allylic oxidation sites excluding steroid dienone is 1. The SMILES string of the molecule is CC(C)CCC[C@@H](C)[C@H]1CCC2C3CC=C4CC(OC(=O)C(F)(F)C(F)(F)C(F)(F)F)CC[C@]4(C)C3CC[C@@]21C. The highest BCUT2D eigenvalue weighted by molar-refractivity contribution is 5.79. The van der Waals surface area contributed by atoms with E-state index in [2.05, 4.69) is 45.4 Å². The smallest absolute Gasteiger partial charge is 0.457 e. The molecule has 0 amide bonds. The average molecular weight is 583 g/mol. The van der Waals surface area contributed by atoms with Crippen LogP contribution in [0, 0.1) is 46.3 Å². The molecule has 40 heavy (non-hydrogen) atoms. The quantitative estimate of drug-likeness (QED) is 0.162. The lowest BCUT2D eigenvalue weighted by molar-refractivity contribution is -0.349. The van der Waals surface area contributed by atoms with Gasteiger partial charge in [-0.25, -0.2) is 4.79 Å². The van der Waals surface area contributed by atoms with Crippen LogP contribution in [0.1, 0.15) is 105 Å². The molecule has 8 atom stereocenters. The number of esters is 1. The van der Waals surface area contributed by atoms with E-state index in [9.17, 15) is 35.5 Å². The number of carbonyl (C=O) groups excluding carboxylic acids is 1. The lowest BCUT2D eigenvalue weighted by Gasteiger charge is -2.58. The summed E-state index contributed by atoms with van der Waals surface area (Å²) < 4.78 is 96.6. The number of fused-ring (bicyclic) bond motifs is 5. The summed E-state index contributed by atoms with van der Waals surface area (Å²) in [5.41, 5.74) is 1.04. The van der Waals surface area contributed by atoms with E-state index in [1.165, 1.54) is 32.1 Å². The van der Waals surface area contributed by atoms with Gasteiger partial charge in [-0.3, -0.25) is 0 Å². The number of alkyl halides is 7. The van der Waals surface area contributed by atoms with Gasteiger partial charge in [-0.1, -0.05) is 65.5 Å². The monoisotopic (exact) mass is 582 g/mol. The van der Waals surface area contributed by atoms with Gasteiger partial charge >= 0.3 is 24.0 Å². The van der Waals surface area contributed by atoms with Crippen LogP contribution in [0.4, 0.5) is 30.7 Å². The first kappa shape index (κ1) is 31.7. The highest BCUT2D eigenvalue weighted by Gasteiger charge is 2.77. The molecule has 0 N–H and O–H groups in total. The Morgan fingerprint density at radius 1 is 0.950 bits per heavy atom. The fourth-order valence-electron chi connectivity index (χ4n) is 9.28. The second-order valence-electron chi connectivity index (χ2n) is 14.2. The summed E-state index contributed by atoms with van der Waals surface area (Å²) >= 11 is 0. The molecule has 0 aliphatic heterocycles. The van der Waals surface area contributed by atoms with Crippen LogP contribution in [-0.4, -0.2) is 30.1 Å². The largest absolute Gasteiger partial charge is 0.460 e. The molecular formula is C31H45F7O2. The van der Waals surface area contributed by atoms with Crippen molar-refractivity contribution < 1.29 is 40.3 Å². The second-order valence-corrected chi connectivity index (χ2v) is 14.2. The van der Waals surface area contributed by atoms with Gasteiger partial charge in [-0.05, 0) is 91.3 Å². The summed E-state index contributed by atoms with van der Waals surface area (Å²) in [4.78, 5) is 11.9. The first-order chi connectivity index (χ1) is 18.4. The van der Waals surface area contributed by atoms with Gasteiger partial charge in [0.1, 0.15) is 6.10 Å². The second kappa shape index (κ2) is 10.8. The molecule has 0 aromatic rings. The molecule has 4 aliphatic carbocycles. The number of carbonyl (C=O) groups is 1. The minimum atomic E-state index is -6.57. The molecule has 0 aromatic heterocycles. The van der Waals surface area contributed by atoms with Crippen LogP contribution in [-0.2, 0) is 9.53 Å². The molecule has 0 radical (unpaired) electrons. The molecule has 230 valence electrons. The van der Waals surface area contributed by atoms with Crippen molar-refractivity contribution >= 4 is 5.97 Å². The van der Waals surface area contributed by atoms with Gasteiger partial charge < -0.3 is 4.74 Å². The molecule has 4 unspecified atom stereocenters. The highest BCUT2D eigenvalue weighted by Crippen LogP contribution is 2.67. The Kier molecular flexibility index (Phi) is 8.52. The average Bonchev–Trinajstić information content (AvgIpc) is 3.20. The van der Waals surface area contributed by atoms with Crippen molar-refractivity contribution in [3.05, 3.63) is 11.6 Å². The van der Waals surface area contributed by atoms with Crippen molar-refractivity contribution in [1.29, 1.82) is 0 Å². The van der Waals surface area contributed by atoms with Gasteiger partial charge in [0.15, 0.2) is 0 Å². The molecular weight excluding hydrogens is 537 g/mol. The molecule has 4 aliphatic rings. The van der Waals surface area contributed by atoms with Crippen molar-refractivity contribution in [3.8, 4) is 0 Å². The third-order valence-electron chi connectivity index (χ3n) is 11.5. The topological polar surface area (TPSA) is 26.3 Å². The van der Waals surface area contributed by atoms with E-state index in [0.29, 0.717) is 41.4 Å². The van der Waals surface area contributed by atoms with Crippen LogP contribution < -0.4 is 0 Å². The molecule has 0 bridgehead atoms. The van der Waals surface area contributed by atoms with Crippen LogP contribution in [0.3, 0.4) is 0 Å². The van der Waals surface area contributed by atoms with Crippen molar-refractivity contribution in [2.45, 2.75) is 129 Å². The van der Waals surface area contributed by atoms with Crippen LogP contribution in [0.15, 0.2) is 11.6 Å². The normalized spacial score (nSPS) is 37.3. The molecule has 3 saturated carbocycles. The number of rotatable bonds is 8. The zero-order chi connectivity index (χ0) is 29.9. The van der Waals surface area contributed by atoms with E-state index in [1.807, 2.05) is 0 Å². The molecule has 0 aromatic carbocycles. The van der Waals surface area contributed by atoms with Gasteiger partial charge in [-0.15, -0.1) is 0 Å². The predicted octanol–water partition coefficient (Wildman–Crippen LogP) is 9.77. The van der Waals surface area contributed by atoms with E-state index in [1.54, 1.807) is 0 Å². The van der Waals surface area contributed by atoms with Gasteiger partial charge in [0.05, 0.1) is 0 Å². The summed E-state index contributed by atoms with van der Waals surface area (Å²) in [5.74, 6) is -11.7. The lowest BCUT2D eigenvalue weighted by Crippen LogP contribution is -2.57. The number of hydrogen-bond donors (Lipinski definition) is 0. The molecule has 9 heteroatoms. The zero-order valence-corrected chi connectivity index (χ0v) is 24.4. The lowest BCUT2D eigenvalue weighted by atomic mass is 9.47. The third kappa shape index (κ3) is 5.22. The Labute approximate surface area is 233 Å². The van der Waals surface area contributed by atoms with Crippen LogP contribution >= 0.6 is 0 Å². The summed E-state index contributed by atoms with van der Waals surface area (Å²) in [6.45, 7) is 11.6. The Hall–Kier alpha value is -1.28. The Morgan fingerprint density at radius 2 is 1.62 bits per heavy atom. The first-order valence-electron chi connectivity index (χ1n) is 15.1. The maximum atomic E-state index is 13.9. The predicted molar refractivity (Wildman–Crippen MR) is 139 cm³/mol. The van der Waals surface area contributed by atoms with Crippen molar-refractivity contribution in [2.75, 3.05) is 0 Å². The van der Waals surface area contributed by atoms with Crippen molar-refractivity contribution in [1.82, 2.24) is 0 Å². The van der Waals surface area contributed by atoms with E-state index < -0.39 is 30.1 Å². The van der Waals surface area contributed by atoms with Crippen LogP contribution in [0.2, 0.25) is 0 Å². The maximum Gasteiger partial charge on any atom is 0.460 e. The molecule has 0 spiro atoms. The summed E-state index contributed by atoms with van der Waals surface area (Å²) in [6.07, 6.45) is 4.45. The van der Waals surface area contributed by atoms with Crippen molar-refractivity contribution in [2.24, 2.45) is 46.3 Å². The van der Waals surface area contributed by atoms with Gasteiger partial charge in [0.25, 0.3) is 0 Å². The number of hydrogen-bond acceptors (Lipinski definition) is 2. The zero-order valence-electron chi connectivity index (χ0n) is 24.4. The Bertz CT molecular complexity index is 973. The fourth-order valence-corrected chi connectivity index (χ4v) is 9.28. The van der Waals surface area contributed by atoms with Crippen LogP contribution in [0.25, 0.3) is 0 Å². The van der Waals surface area contributed by atoms with E-state index in [0.717, 1.165) is 30.8 Å².